The second-order valence-corrected chi connectivity index (χ2v) is 7.74. The monoisotopic (exact) mass is 394 g/mol. The van der Waals surface area contributed by atoms with Gasteiger partial charge in [-0.2, -0.15) is 0 Å². The molecular weight excluding hydrogens is 368 g/mol. The lowest BCUT2D eigenvalue weighted by Crippen LogP contribution is -2.41. The molecule has 0 bridgehead atoms. The van der Waals surface area contributed by atoms with E-state index in [9.17, 15) is 4.79 Å². The molecule has 0 N–H and O–H groups in total. The van der Waals surface area contributed by atoms with Crippen LogP contribution in [0.25, 0.3) is 11.0 Å². The van der Waals surface area contributed by atoms with Gasteiger partial charge in [0.15, 0.2) is 5.52 Å². The molecule has 0 amide bonds. The van der Waals surface area contributed by atoms with Crippen LogP contribution < -0.4 is 9.57 Å². The first-order valence-corrected chi connectivity index (χ1v) is 10.1. The number of rotatable bonds is 6. The standard InChI is InChI=1S/C22H26N4O3/c1-16(2)25-13-7-8-17(14-25)15-28-20-12-6-11-19-21(20)23-24-26(19)29-22(27)18-9-4-3-5-10-18/h3-6,9-12,16-17H,7-8,13-15H2,1-2H3. The third kappa shape index (κ3) is 4.40. The third-order valence-corrected chi connectivity index (χ3v) is 5.34. The van der Waals surface area contributed by atoms with E-state index in [0.717, 1.165) is 17.9 Å². The fourth-order valence-electron chi connectivity index (χ4n) is 3.70. The highest BCUT2D eigenvalue weighted by Gasteiger charge is 2.23. The van der Waals surface area contributed by atoms with E-state index in [1.165, 1.54) is 12.8 Å². The summed E-state index contributed by atoms with van der Waals surface area (Å²) < 4.78 is 6.11. The highest BCUT2D eigenvalue weighted by Crippen LogP contribution is 2.25. The quantitative estimate of drug-likeness (QED) is 0.598. The number of carbonyl (C=O) groups is 1. The summed E-state index contributed by atoms with van der Waals surface area (Å²) >= 11 is 0. The van der Waals surface area contributed by atoms with Gasteiger partial charge >= 0.3 is 5.97 Å². The Bertz CT molecular complexity index is 971. The maximum Gasteiger partial charge on any atom is 0.365 e. The Hall–Kier alpha value is -2.93. The molecule has 4 rings (SSSR count). The summed E-state index contributed by atoms with van der Waals surface area (Å²) in [6, 6.07) is 14.9. The van der Waals surface area contributed by atoms with E-state index in [-0.39, 0.29) is 0 Å². The summed E-state index contributed by atoms with van der Waals surface area (Å²) in [6.07, 6.45) is 2.36. The van der Waals surface area contributed by atoms with Crippen LogP contribution in [0.5, 0.6) is 5.75 Å². The molecule has 1 aliphatic rings. The zero-order valence-electron chi connectivity index (χ0n) is 16.8. The number of benzene rings is 2. The van der Waals surface area contributed by atoms with Gasteiger partial charge in [-0.1, -0.05) is 29.1 Å². The molecule has 2 aromatic carbocycles. The predicted molar refractivity (Wildman–Crippen MR) is 110 cm³/mol. The van der Waals surface area contributed by atoms with Crippen LogP contribution in [0.3, 0.4) is 0 Å². The van der Waals surface area contributed by atoms with E-state index in [0.29, 0.717) is 40.9 Å². The van der Waals surface area contributed by atoms with E-state index in [2.05, 4.69) is 29.1 Å². The molecule has 3 aromatic rings. The minimum Gasteiger partial charge on any atom is -0.491 e. The Morgan fingerprint density at radius 2 is 2.00 bits per heavy atom. The van der Waals surface area contributed by atoms with Crippen LogP contribution in [0.1, 0.15) is 37.0 Å². The molecule has 7 heteroatoms. The minimum atomic E-state index is -0.486. The minimum absolute atomic E-state index is 0.454. The lowest BCUT2D eigenvalue weighted by atomic mass is 9.98. The number of nitrogens with zero attached hydrogens (tertiary/aromatic N) is 4. The Balaban J connectivity index is 1.45. The van der Waals surface area contributed by atoms with E-state index in [1.807, 2.05) is 24.3 Å². The molecule has 0 radical (unpaired) electrons. The molecule has 7 nitrogen and oxygen atoms in total. The number of hydrogen-bond donors (Lipinski definition) is 0. The van der Waals surface area contributed by atoms with Crippen LogP contribution in [0.2, 0.25) is 0 Å². The van der Waals surface area contributed by atoms with Gasteiger partial charge < -0.3 is 14.5 Å². The molecule has 1 aromatic heterocycles. The summed E-state index contributed by atoms with van der Waals surface area (Å²) in [5.74, 6) is 0.665. The molecule has 29 heavy (non-hydrogen) atoms. The number of likely N-dealkylation sites (tertiary alicyclic amines) is 1. The highest BCUT2D eigenvalue weighted by molar-refractivity contribution is 5.90. The van der Waals surface area contributed by atoms with Gasteiger partial charge in [-0.3, -0.25) is 0 Å². The Kier molecular flexibility index (Phi) is 5.76. The lowest BCUT2D eigenvalue weighted by Gasteiger charge is -2.35. The van der Waals surface area contributed by atoms with Gasteiger partial charge in [-0.15, -0.1) is 5.10 Å². The second-order valence-electron chi connectivity index (χ2n) is 7.74. The van der Waals surface area contributed by atoms with Crippen molar-refractivity contribution in [2.24, 2.45) is 5.92 Å². The van der Waals surface area contributed by atoms with Crippen molar-refractivity contribution in [2.45, 2.75) is 32.7 Å². The van der Waals surface area contributed by atoms with E-state index in [4.69, 9.17) is 9.57 Å². The first-order chi connectivity index (χ1) is 14.1. The van der Waals surface area contributed by atoms with Crippen molar-refractivity contribution >= 4 is 17.0 Å². The van der Waals surface area contributed by atoms with Crippen molar-refractivity contribution in [2.75, 3.05) is 19.7 Å². The third-order valence-electron chi connectivity index (χ3n) is 5.34. The van der Waals surface area contributed by atoms with Crippen molar-refractivity contribution in [3.05, 3.63) is 54.1 Å². The average molecular weight is 394 g/mol. The number of aromatic nitrogens is 3. The summed E-state index contributed by atoms with van der Waals surface area (Å²) in [5.41, 5.74) is 1.64. The molecule has 1 aliphatic heterocycles. The van der Waals surface area contributed by atoms with Crippen molar-refractivity contribution in [3.8, 4) is 5.75 Å². The number of hydrogen-bond acceptors (Lipinski definition) is 6. The fourth-order valence-corrected chi connectivity index (χ4v) is 3.70. The summed E-state index contributed by atoms with van der Waals surface area (Å²) in [6.45, 7) is 7.32. The van der Waals surface area contributed by atoms with Gasteiger partial charge in [-0.05, 0) is 62.7 Å². The van der Waals surface area contributed by atoms with E-state index in [1.54, 1.807) is 24.3 Å². The molecule has 0 saturated carbocycles. The number of piperidine rings is 1. The average Bonchev–Trinajstić information content (AvgIpc) is 3.16. The van der Waals surface area contributed by atoms with Gasteiger partial charge in [-0.25, -0.2) is 4.79 Å². The van der Waals surface area contributed by atoms with Crippen molar-refractivity contribution in [1.82, 2.24) is 20.1 Å². The smallest absolute Gasteiger partial charge is 0.365 e. The Labute approximate surface area is 170 Å². The SMILES string of the molecule is CC(C)N1CCCC(COc2cccc3c2nnn3OC(=O)c2ccccc2)C1. The molecule has 1 unspecified atom stereocenters. The summed E-state index contributed by atoms with van der Waals surface area (Å²) in [7, 11) is 0. The van der Waals surface area contributed by atoms with E-state index < -0.39 is 5.97 Å². The van der Waals surface area contributed by atoms with Gasteiger partial charge in [0.05, 0.1) is 12.2 Å². The normalized spacial score (nSPS) is 17.6. The van der Waals surface area contributed by atoms with Crippen LogP contribution in [0.4, 0.5) is 0 Å². The summed E-state index contributed by atoms with van der Waals surface area (Å²) in [4.78, 5) is 21.3. The van der Waals surface area contributed by atoms with Crippen LogP contribution >= 0.6 is 0 Å². The first kappa shape index (κ1) is 19.4. The fraction of sp³-hybridized carbons (Fsp3) is 0.409. The van der Waals surface area contributed by atoms with Crippen LogP contribution in [0, 0.1) is 5.92 Å². The van der Waals surface area contributed by atoms with Crippen LogP contribution in [-0.2, 0) is 0 Å². The van der Waals surface area contributed by atoms with Crippen molar-refractivity contribution in [3.63, 3.8) is 0 Å². The molecule has 0 spiro atoms. The summed E-state index contributed by atoms with van der Waals surface area (Å²) in [5, 5.41) is 8.16. The Morgan fingerprint density at radius 3 is 2.79 bits per heavy atom. The van der Waals surface area contributed by atoms with Crippen molar-refractivity contribution < 1.29 is 14.4 Å². The van der Waals surface area contributed by atoms with Gasteiger partial charge in [0.25, 0.3) is 0 Å². The van der Waals surface area contributed by atoms with E-state index >= 15 is 0 Å². The number of fused-ring (bicyclic) bond motifs is 1. The molecular formula is C22H26N4O3. The van der Waals surface area contributed by atoms with Crippen LogP contribution in [0.15, 0.2) is 48.5 Å². The first-order valence-electron chi connectivity index (χ1n) is 10.1. The largest absolute Gasteiger partial charge is 0.491 e. The highest BCUT2D eigenvalue weighted by atomic mass is 16.7. The zero-order chi connectivity index (χ0) is 20.2. The predicted octanol–water partition coefficient (Wildman–Crippen LogP) is 3.20. The lowest BCUT2D eigenvalue weighted by molar-refractivity contribution is 0.0409. The molecule has 152 valence electrons. The molecule has 0 aliphatic carbocycles. The maximum atomic E-state index is 12.3. The molecule has 1 fully saturated rings. The maximum absolute atomic E-state index is 12.3. The second kappa shape index (κ2) is 8.61. The Morgan fingerprint density at radius 1 is 1.17 bits per heavy atom. The van der Waals surface area contributed by atoms with Gasteiger partial charge in [0.1, 0.15) is 11.3 Å². The number of ether oxygens (including phenoxy) is 1. The van der Waals surface area contributed by atoms with Crippen molar-refractivity contribution in [1.29, 1.82) is 0 Å². The van der Waals surface area contributed by atoms with Gasteiger partial charge in [0.2, 0.25) is 0 Å². The molecule has 1 saturated heterocycles. The van der Waals surface area contributed by atoms with Gasteiger partial charge in [0, 0.05) is 18.5 Å². The number of carbonyl (C=O) groups excluding carboxylic acids is 1. The molecule has 2 heterocycles. The topological polar surface area (TPSA) is 69.5 Å². The zero-order valence-corrected chi connectivity index (χ0v) is 16.8. The molecule has 1 atom stereocenters. The van der Waals surface area contributed by atoms with Crippen LogP contribution in [-0.4, -0.2) is 51.8 Å².